The van der Waals surface area contributed by atoms with Crippen LogP contribution < -0.4 is 0 Å². The monoisotopic (exact) mass is 362 g/mol. The second-order valence-corrected chi connectivity index (χ2v) is 5.01. The van der Waals surface area contributed by atoms with Gasteiger partial charge in [0.15, 0.2) is 0 Å². The molecule has 0 saturated heterocycles. The summed E-state index contributed by atoms with van der Waals surface area (Å²) in [6.45, 7) is 0. The first kappa shape index (κ1) is 12.2. The fourth-order valence-electron chi connectivity index (χ4n) is 1.77. The van der Waals surface area contributed by atoms with Gasteiger partial charge in [-0.05, 0) is 46.9 Å². The van der Waals surface area contributed by atoms with E-state index in [0.29, 0.717) is 0 Å². The highest BCUT2D eigenvalue weighted by Gasteiger charge is 1.94. The molecule has 0 aliphatic carbocycles. The minimum Gasteiger partial charge on any atom is -0.307 e. The molecule has 0 atom stereocenters. The molecule has 0 aromatic carbocycles. The van der Waals surface area contributed by atoms with Gasteiger partial charge in [-0.1, -0.05) is 12.1 Å². The average molecular weight is 362 g/mol. The van der Waals surface area contributed by atoms with Crippen molar-refractivity contribution in [2.45, 2.75) is 0 Å². The van der Waals surface area contributed by atoms with E-state index >= 15 is 0 Å². The quantitative estimate of drug-likeness (QED) is 0.450. The van der Waals surface area contributed by atoms with E-state index in [1.807, 2.05) is 70.0 Å². The number of pyridine rings is 2. The fourth-order valence-corrected chi connectivity index (χ4v) is 2.31. The minimum absolute atomic E-state index is 0.998. The van der Waals surface area contributed by atoms with E-state index in [-0.39, 0.29) is 0 Å². The van der Waals surface area contributed by atoms with Crippen molar-refractivity contribution < 1.29 is 0 Å². The average Bonchev–Trinajstić information content (AvgIpc) is 3.07. The van der Waals surface area contributed by atoms with E-state index in [2.05, 4.69) is 32.6 Å². The maximum atomic E-state index is 4.17. The van der Waals surface area contributed by atoms with Crippen molar-refractivity contribution >= 4 is 33.9 Å². The van der Waals surface area contributed by atoms with E-state index in [1.54, 1.807) is 6.20 Å². The maximum absolute atomic E-state index is 4.17. The highest BCUT2D eigenvalue weighted by molar-refractivity contribution is 14.1. The molecule has 0 unspecified atom stereocenters. The summed E-state index contributed by atoms with van der Waals surface area (Å²) in [5.41, 5.74) is 2.00. The summed E-state index contributed by atoms with van der Waals surface area (Å²) < 4.78 is 5.16. The molecule has 4 aromatic rings. The van der Waals surface area contributed by atoms with E-state index in [4.69, 9.17) is 0 Å². The first-order valence-electron chi connectivity index (χ1n) is 5.80. The molecule has 0 aliphatic rings. The molecular weight excluding hydrogens is 351 g/mol. The van der Waals surface area contributed by atoms with Crippen LogP contribution in [0.4, 0.5) is 0 Å². The number of imidazole rings is 2. The summed E-state index contributed by atoms with van der Waals surface area (Å²) >= 11 is 2.25. The third-order valence-corrected chi connectivity index (χ3v) is 3.47. The van der Waals surface area contributed by atoms with Gasteiger partial charge in [0.05, 0.1) is 6.20 Å². The molecular formula is C14H11IN4. The van der Waals surface area contributed by atoms with Gasteiger partial charge in [-0.3, -0.25) is 4.40 Å². The third-order valence-electron chi connectivity index (χ3n) is 2.67. The van der Waals surface area contributed by atoms with Gasteiger partial charge in [0, 0.05) is 24.8 Å². The third kappa shape index (κ3) is 2.60. The van der Waals surface area contributed by atoms with Crippen molar-refractivity contribution in [2.24, 2.45) is 0 Å². The maximum Gasteiger partial charge on any atom is 0.137 e. The van der Waals surface area contributed by atoms with E-state index < -0.39 is 0 Å². The van der Waals surface area contributed by atoms with Crippen molar-refractivity contribution in [3.63, 3.8) is 0 Å². The molecule has 4 nitrogen and oxygen atoms in total. The van der Waals surface area contributed by atoms with Crippen LogP contribution in [0.25, 0.3) is 11.3 Å². The van der Waals surface area contributed by atoms with Crippen molar-refractivity contribution in [1.82, 2.24) is 18.8 Å². The van der Waals surface area contributed by atoms with Crippen molar-refractivity contribution in [3.05, 3.63) is 71.1 Å². The Kier molecular flexibility index (Phi) is 3.45. The van der Waals surface area contributed by atoms with Crippen LogP contribution in [0.5, 0.6) is 0 Å². The zero-order valence-electron chi connectivity index (χ0n) is 10.0. The summed E-state index contributed by atoms with van der Waals surface area (Å²) in [6, 6.07) is 11.9. The van der Waals surface area contributed by atoms with Gasteiger partial charge in [-0.25, -0.2) is 9.97 Å². The van der Waals surface area contributed by atoms with Gasteiger partial charge < -0.3 is 4.40 Å². The first-order valence-corrected chi connectivity index (χ1v) is 6.88. The molecule has 4 aromatic heterocycles. The summed E-state index contributed by atoms with van der Waals surface area (Å²) in [6.07, 6.45) is 9.55. The van der Waals surface area contributed by atoms with Crippen LogP contribution in [-0.2, 0) is 0 Å². The van der Waals surface area contributed by atoms with Gasteiger partial charge in [0.1, 0.15) is 15.0 Å². The van der Waals surface area contributed by atoms with E-state index in [9.17, 15) is 0 Å². The Morgan fingerprint density at radius 2 is 1.63 bits per heavy atom. The lowest BCUT2D eigenvalue weighted by molar-refractivity contribution is 1.15. The van der Waals surface area contributed by atoms with Gasteiger partial charge in [-0.2, -0.15) is 0 Å². The van der Waals surface area contributed by atoms with Crippen LogP contribution in [0, 0.1) is 3.70 Å². The molecule has 5 heteroatoms. The molecule has 4 heterocycles. The number of halogens is 1. The number of fused-ring (bicyclic) bond motifs is 2. The molecule has 0 saturated carbocycles. The molecule has 19 heavy (non-hydrogen) atoms. The number of nitrogens with zero attached hydrogens (tertiary/aromatic N) is 4. The van der Waals surface area contributed by atoms with Gasteiger partial charge >= 0.3 is 0 Å². The van der Waals surface area contributed by atoms with Crippen LogP contribution in [0.1, 0.15) is 0 Å². The highest BCUT2D eigenvalue weighted by Crippen LogP contribution is 2.07. The zero-order chi connectivity index (χ0) is 13.1. The lowest BCUT2D eigenvalue weighted by Gasteiger charge is -1.90. The first-order chi connectivity index (χ1) is 9.34. The highest BCUT2D eigenvalue weighted by atomic mass is 127. The Balaban J connectivity index is 0.000000117. The Morgan fingerprint density at radius 3 is 2.42 bits per heavy atom. The van der Waals surface area contributed by atoms with Crippen molar-refractivity contribution in [2.75, 3.05) is 0 Å². The predicted molar refractivity (Wildman–Crippen MR) is 83.1 cm³/mol. The van der Waals surface area contributed by atoms with Crippen molar-refractivity contribution in [3.8, 4) is 0 Å². The SMILES string of the molecule is Ic1cnc2ccccn12.c1ccn2ccnc2c1. The van der Waals surface area contributed by atoms with Gasteiger partial charge in [0.2, 0.25) is 0 Å². The number of hydrogen-bond acceptors (Lipinski definition) is 2. The Hall–Kier alpha value is -1.89. The number of aromatic nitrogens is 4. The summed E-state index contributed by atoms with van der Waals surface area (Å²) in [4.78, 5) is 8.26. The topological polar surface area (TPSA) is 34.6 Å². The van der Waals surface area contributed by atoms with Crippen molar-refractivity contribution in [1.29, 1.82) is 0 Å². The van der Waals surface area contributed by atoms with Crippen LogP contribution in [0.3, 0.4) is 0 Å². The molecule has 0 radical (unpaired) electrons. The smallest absolute Gasteiger partial charge is 0.137 e. The summed E-state index contributed by atoms with van der Waals surface area (Å²) in [7, 11) is 0. The molecule has 94 valence electrons. The Bertz CT molecular complexity index is 773. The van der Waals surface area contributed by atoms with Crippen LogP contribution >= 0.6 is 22.6 Å². The fraction of sp³-hybridized carbons (Fsp3) is 0. The van der Waals surface area contributed by atoms with Gasteiger partial charge in [0.25, 0.3) is 0 Å². The number of rotatable bonds is 0. The second-order valence-electron chi connectivity index (χ2n) is 3.90. The summed E-state index contributed by atoms with van der Waals surface area (Å²) in [5.74, 6) is 0. The molecule has 0 aliphatic heterocycles. The zero-order valence-corrected chi connectivity index (χ0v) is 12.2. The van der Waals surface area contributed by atoms with Crippen LogP contribution in [0.15, 0.2) is 67.4 Å². The van der Waals surface area contributed by atoms with Crippen LogP contribution in [-0.4, -0.2) is 18.8 Å². The second kappa shape index (κ2) is 5.40. The normalized spacial score (nSPS) is 10.4. The molecule has 0 spiro atoms. The lowest BCUT2D eigenvalue weighted by Crippen LogP contribution is -1.82. The Labute approximate surface area is 123 Å². The molecule has 0 bridgehead atoms. The molecule has 0 N–H and O–H groups in total. The van der Waals surface area contributed by atoms with E-state index in [0.717, 1.165) is 15.0 Å². The lowest BCUT2D eigenvalue weighted by atomic mass is 10.5. The minimum atomic E-state index is 0.998. The molecule has 0 amide bonds. The standard InChI is InChI=1S/C7H5IN2.C7H6N2/c8-6-5-9-7-3-1-2-4-10(6)7;1-2-5-9-6-4-8-7(9)3-1/h1-5H;1-6H. The summed E-state index contributed by atoms with van der Waals surface area (Å²) in [5, 5.41) is 0. The predicted octanol–water partition coefficient (Wildman–Crippen LogP) is 3.27. The number of hydrogen-bond donors (Lipinski definition) is 0. The van der Waals surface area contributed by atoms with E-state index in [1.165, 1.54) is 0 Å². The molecule has 0 fully saturated rings. The largest absolute Gasteiger partial charge is 0.307 e. The Morgan fingerprint density at radius 1 is 0.842 bits per heavy atom. The van der Waals surface area contributed by atoms with Gasteiger partial charge in [-0.15, -0.1) is 0 Å². The van der Waals surface area contributed by atoms with Crippen LogP contribution in [0.2, 0.25) is 0 Å². The molecule has 4 rings (SSSR count).